The van der Waals surface area contributed by atoms with Gasteiger partial charge in [-0.05, 0) is 75.8 Å². The molecular formula is C21H17BrINO4S. The smallest absolute Gasteiger partial charge is 0.293 e. The lowest BCUT2D eigenvalue weighted by Gasteiger charge is -2.13. The Balaban J connectivity index is 1.84. The molecule has 150 valence electrons. The third kappa shape index (κ3) is 5.23. The summed E-state index contributed by atoms with van der Waals surface area (Å²) in [4.78, 5) is 26.8. The monoisotopic (exact) mass is 585 g/mol. The normalized spacial score (nSPS) is 15.1. The Morgan fingerprint density at radius 3 is 2.62 bits per heavy atom. The molecule has 1 fully saturated rings. The van der Waals surface area contributed by atoms with Gasteiger partial charge in [-0.3, -0.25) is 14.5 Å². The van der Waals surface area contributed by atoms with Crippen LogP contribution in [0.1, 0.15) is 11.1 Å². The number of thioether (sulfide) groups is 1. The van der Waals surface area contributed by atoms with E-state index >= 15 is 0 Å². The van der Waals surface area contributed by atoms with Crippen molar-refractivity contribution in [3.63, 3.8) is 0 Å². The van der Waals surface area contributed by atoms with Crippen LogP contribution in [0.5, 0.6) is 11.5 Å². The number of hydrogen-bond donors (Lipinski definition) is 0. The fraction of sp³-hybridized carbons (Fsp3) is 0.143. The van der Waals surface area contributed by atoms with Gasteiger partial charge >= 0.3 is 0 Å². The zero-order valence-corrected chi connectivity index (χ0v) is 20.0. The number of methoxy groups -OCH3 is 1. The molecule has 0 aromatic heterocycles. The third-order valence-corrected chi connectivity index (χ3v) is 6.26. The van der Waals surface area contributed by atoms with Crippen LogP contribution in [0.4, 0.5) is 4.79 Å². The molecule has 29 heavy (non-hydrogen) atoms. The number of benzene rings is 2. The van der Waals surface area contributed by atoms with Crippen molar-refractivity contribution in [3.8, 4) is 11.5 Å². The fourth-order valence-electron chi connectivity index (χ4n) is 2.67. The van der Waals surface area contributed by atoms with Crippen LogP contribution >= 0.6 is 50.3 Å². The molecule has 1 heterocycles. The standard InChI is InChI=1S/C21H17BrINO4S/c1-3-8-28-19-16(23)9-14(10-17(19)27-2)11-18-20(25)24(21(26)29-18)12-13-4-6-15(22)7-5-13/h3-7,9-11H,1,8,12H2,2H3/b18-11-. The molecule has 2 aromatic carbocycles. The van der Waals surface area contributed by atoms with E-state index in [1.165, 1.54) is 4.90 Å². The lowest BCUT2D eigenvalue weighted by molar-refractivity contribution is -0.123. The summed E-state index contributed by atoms with van der Waals surface area (Å²) in [6, 6.07) is 11.2. The van der Waals surface area contributed by atoms with Crippen molar-refractivity contribution in [1.29, 1.82) is 0 Å². The summed E-state index contributed by atoms with van der Waals surface area (Å²) >= 11 is 6.47. The van der Waals surface area contributed by atoms with Crippen LogP contribution in [-0.4, -0.2) is 29.8 Å². The van der Waals surface area contributed by atoms with Crippen molar-refractivity contribution < 1.29 is 19.1 Å². The van der Waals surface area contributed by atoms with Gasteiger partial charge in [-0.2, -0.15) is 0 Å². The van der Waals surface area contributed by atoms with Crippen molar-refractivity contribution in [2.45, 2.75) is 6.54 Å². The predicted octanol–water partition coefficient (Wildman–Crippen LogP) is 5.86. The van der Waals surface area contributed by atoms with Crippen LogP contribution in [-0.2, 0) is 11.3 Å². The minimum atomic E-state index is -0.302. The van der Waals surface area contributed by atoms with Gasteiger partial charge in [0.15, 0.2) is 11.5 Å². The minimum absolute atomic E-state index is 0.241. The highest BCUT2D eigenvalue weighted by molar-refractivity contribution is 14.1. The molecule has 0 saturated carbocycles. The summed E-state index contributed by atoms with van der Waals surface area (Å²) in [5.74, 6) is 0.872. The highest BCUT2D eigenvalue weighted by atomic mass is 127. The predicted molar refractivity (Wildman–Crippen MR) is 127 cm³/mol. The maximum atomic E-state index is 12.8. The SMILES string of the molecule is C=CCOc1c(I)cc(/C=C2\SC(=O)N(Cc3ccc(Br)cc3)C2=O)cc1OC. The summed E-state index contributed by atoms with van der Waals surface area (Å²) in [6.07, 6.45) is 3.36. The average molecular weight is 586 g/mol. The van der Waals surface area contributed by atoms with E-state index in [-0.39, 0.29) is 17.7 Å². The van der Waals surface area contributed by atoms with Crippen LogP contribution in [0.15, 0.2) is 58.4 Å². The van der Waals surface area contributed by atoms with Crippen LogP contribution < -0.4 is 9.47 Å². The van der Waals surface area contributed by atoms with Gasteiger partial charge in [-0.1, -0.05) is 40.7 Å². The molecule has 0 aliphatic carbocycles. The van der Waals surface area contributed by atoms with E-state index in [2.05, 4.69) is 45.1 Å². The van der Waals surface area contributed by atoms with Gasteiger partial charge in [-0.25, -0.2) is 0 Å². The number of amides is 2. The number of halogens is 2. The molecule has 0 atom stereocenters. The van der Waals surface area contributed by atoms with Crippen LogP contribution in [0, 0.1) is 3.57 Å². The van der Waals surface area contributed by atoms with Gasteiger partial charge in [-0.15, -0.1) is 0 Å². The van der Waals surface area contributed by atoms with Gasteiger partial charge in [0.1, 0.15) is 6.61 Å². The first-order valence-corrected chi connectivity index (χ1v) is 11.2. The Kier molecular flexibility index (Phi) is 7.42. The number of carbonyl (C=O) groups excluding carboxylic acids is 2. The Morgan fingerprint density at radius 1 is 1.24 bits per heavy atom. The van der Waals surface area contributed by atoms with E-state index in [1.807, 2.05) is 30.3 Å². The van der Waals surface area contributed by atoms with Gasteiger partial charge < -0.3 is 9.47 Å². The van der Waals surface area contributed by atoms with Crippen molar-refractivity contribution in [3.05, 3.63) is 73.1 Å². The second-order valence-electron chi connectivity index (χ2n) is 6.03. The summed E-state index contributed by atoms with van der Waals surface area (Å²) < 4.78 is 12.9. The highest BCUT2D eigenvalue weighted by Gasteiger charge is 2.35. The fourth-order valence-corrected chi connectivity index (χ4v) is 4.55. The van der Waals surface area contributed by atoms with Gasteiger partial charge in [0.05, 0.1) is 22.1 Å². The number of rotatable bonds is 7. The zero-order valence-electron chi connectivity index (χ0n) is 15.5. The van der Waals surface area contributed by atoms with Crippen LogP contribution in [0.3, 0.4) is 0 Å². The molecule has 0 radical (unpaired) electrons. The number of imide groups is 1. The molecule has 0 unspecified atom stereocenters. The second-order valence-corrected chi connectivity index (χ2v) is 9.10. The van der Waals surface area contributed by atoms with E-state index in [9.17, 15) is 9.59 Å². The summed E-state index contributed by atoms with van der Waals surface area (Å²) in [5.41, 5.74) is 1.64. The molecule has 5 nitrogen and oxygen atoms in total. The second kappa shape index (κ2) is 9.82. The Labute approximate surface area is 195 Å². The molecule has 1 saturated heterocycles. The molecule has 2 amide bonds. The van der Waals surface area contributed by atoms with Gasteiger partial charge in [0, 0.05) is 4.47 Å². The molecule has 1 aliphatic heterocycles. The summed E-state index contributed by atoms with van der Waals surface area (Å²) in [6.45, 7) is 4.25. The minimum Gasteiger partial charge on any atom is -0.493 e. The number of hydrogen-bond acceptors (Lipinski definition) is 5. The molecule has 0 spiro atoms. The molecule has 2 aromatic rings. The summed E-state index contributed by atoms with van der Waals surface area (Å²) in [7, 11) is 1.56. The van der Waals surface area contributed by atoms with Crippen LogP contribution in [0.2, 0.25) is 0 Å². The van der Waals surface area contributed by atoms with E-state index in [1.54, 1.807) is 25.3 Å². The number of nitrogens with zero attached hydrogens (tertiary/aromatic N) is 1. The first kappa shape index (κ1) is 21.9. The first-order valence-electron chi connectivity index (χ1n) is 8.54. The molecule has 0 bridgehead atoms. The molecule has 8 heteroatoms. The first-order chi connectivity index (χ1) is 13.9. The van der Waals surface area contributed by atoms with Crippen LogP contribution in [0.25, 0.3) is 6.08 Å². The quantitative estimate of drug-likeness (QED) is 0.231. The Morgan fingerprint density at radius 2 is 1.97 bits per heavy atom. The molecule has 3 rings (SSSR count). The Bertz CT molecular complexity index is 991. The zero-order chi connectivity index (χ0) is 21.0. The van der Waals surface area contributed by atoms with Crippen molar-refractivity contribution in [1.82, 2.24) is 4.90 Å². The molecular weight excluding hydrogens is 569 g/mol. The van der Waals surface area contributed by atoms with Crippen molar-refractivity contribution in [2.75, 3.05) is 13.7 Å². The van der Waals surface area contributed by atoms with Gasteiger partial charge in [0.2, 0.25) is 0 Å². The average Bonchev–Trinajstić information content (AvgIpc) is 2.95. The Hall–Kier alpha value is -1.78. The van der Waals surface area contributed by atoms with E-state index in [4.69, 9.17) is 9.47 Å². The summed E-state index contributed by atoms with van der Waals surface area (Å²) in [5, 5.41) is -0.281. The highest BCUT2D eigenvalue weighted by Crippen LogP contribution is 2.37. The number of ether oxygens (including phenoxy) is 2. The largest absolute Gasteiger partial charge is 0.493 e. The van der Waals surface area contributed by atoms with Gasteiger partial charge in [0.25, 0.3) is 11.1 Å². The van der Waals surface area contributed by atoms with E-state index in [0.717, 1.165) is 30.9 Å². The third-order valence-electron chi connectivity index (χ3n) is 4.02. The van der Waals surface area contributed by atoms with Crippen molar-refractivity contribution in [2.24, 2.45) is 0 Å². The van der Waals surface area contributed by atoms with E-state index < -0.39 is 0 Å². The topological polar surface area (TPSA) is 55.8 Å². The molecule has 1 aliphatic rings. The van der Waals surface area contributed by atoms with Crippen molar-refractivity contribution >= 4 is 67.5 Å². The molecule has 0 N–H and O–H groups in total. The van der Waals surface area contributed by atoms with E-state index in [0.29, 0.717) is 23.0 Å². The lowest BCUT2D eigenvalue weighted by Crippen LogP contribution is -2.27. The maximum Gasteiger partial charge on any atom is 0.293 e. The number of carbonyl (C=O) groups is 2. The maximum absolute atomic E-state index is 12.8. The lowest BCUT2D eigenvalue weighted by atomic mass is 10.1.